The van der Waals surface area contributed by atoms with Gasteiger partial charge in [0.05, 0.1) is 13.2 Å². The molecule has 0 unspecified atom stereocenters. The fraction of sp³-hybridized carbons (Fsp3) is 1.00. The summed E-state index contributed by atoms with van der Waals surface area (Å²) < 4.78 is 14.9. The van der Waals surface area contributed by atoms with Crippen LogP contribution >= 0.6 is 7.82 Å². The highest BCUT2D eigenvalue weighted by atomic mass is 31.2. The number of phosphoric ester groups is 1. The Morgan fingerprint density at radius 1 is 0.657 bits per heavy atom. The van der Waals surface area contributed by atoms with Crippen LogP contribution in [-0.4, -0.2) is 52.6 Å². The van der Waals surface area contributed by atoms with Crippen molar-refractivity contribution in [3.05, 3.63) is 0 Å². The molecule has 0 amide bonds. The highest BCUT2D eigenvalue weighted by Crippen LogP contribution is 2.35. The molecule has 214 valence electrons. The van der Waals surface area contributed by atoms with Crippen molar-refractivity contribution in [1.82, 2.24) is 4.90 Å². The van der Waals surface area contributed by atoms with E-state index in [-0.39, 0.29) is 6.61 Å². The Morgan fingerprint density at radius 2 is 1.06 bits per heavy atom. The van der Waals surface area contributed by atoms with Gasteiger partial charge in [-0.05, 0) is 38.3 Å². The molecule has 0 radical (unpaired) electrons. The second kappa shape index (κ2) is 28.6. The van der Waals surface area contributed by atoms with Crippen LogP contribution in [0.3, 0.4) is 0 Å². The van der Waals surface area contributed by atoms with Gasteiger partial charge in [-0.3, -0.25) is 4.52 Å². The van der Waals surface area contributed by atoms with Crippen LogP contribution in [0, 0.1) is 5.92 Å². The van der Waals surface area contributed by atoms with Crippen molar-refractivity contribution in [2.75, 3.05) is 32.8 Å². The summed E-state index contributed by atoms with van der Waals surface area (Å²) in [6, 6.07) is 0. The van der Waals surface area contributed by atoms with E-state index < -0.39 is 7.82 Å². The molecular weight excluding hydrogens is 461 g/mol. The average Bonchev–Trinajstić information content (AvgIpc) is 2.80. The zero-order chi connectivity index (χ0) is 26.6. The molecule has 0 saturated carbocycles. The van der Waals surface area contributed by atoms with Crippen molar-refractivity contribution in [2.24, 2.45) is 5.92 Å². The highest BCUT2D eigenvalue weighted by Gasteiger charge is 2.12. The van der Waals surface area contributed by atoms with Crippen molar-refractivity contribution >= 4 is 7.82 Å². The average molecular weight is 524 g/mol. The molecule has 0 aromatic rings. The van der Waals surface area contributed by atoms with Crippen LogP contribution < -0.4 is 0 Å². The van der Waals surface area contributed by atoms with Gasteiger partial charge in [0.2, 0.25) is 0 Å². The molecule has 0 aliphatic rings. The highest BCUT2D eigenvalue weighted by molar-refractivity contribution is 7.46. The number of phosphoric acid groups is 1. The maximum atomic E-state index is 10.5. The lowest BCUT2D eigenvalue weighted by molar-refractivity contribution is 0.192. The summed E-state index contributed by atoms with van der Waals surface area (Å²) in [4.78, 5) is 19.4. The van der Waals surface area contributed by atoms with E-state index in [0.29, 0.717) is 6.61 Å². The largest absolute Gasteiger partial charge is 0.469 e. The van der Waals surface area contributed by atoms with Gasteiger partial charge in [0.25, 0.3) is 0 Å². The molecule has 0 aliphatic carbocycles. The Bertz CT molecular complexity index is 437. The lowest BCUT2D eigenvalue weighted by Gasteiger charge is -2.20. The minimum absolute atomic E-state index is 0.168. The summed E-state index contributed by atoms with van der Waals surface area (Å²) in [6.45, 7) is 12.6. The minimum atomic E-state index is -4.26. The third kappa shape index (κ3) is 36.3. The van der Waals surface area contributed by atoms with Crippen LogP contribution in [0.4, 0.5) is 0 Å². The van der Waals surface area contributed by atoms with E-state index >= 15 is 0 Å². The summed E-state index contributed by atoms with van der Waals surface area (Å²) in [5, 5.41) is 8.79. The fourth-order valence-electron chi connectivity index (χ4n) is 4.02. The maximum absolute atomic E-state index is 10.5. The first-order chi connectivity index (χ1) is 16.8. The predicted octanol–water partition coefficient (Wildman–Crippen LogP) is 8.09. The molecule has 3 N–H and O–H groups in total. The number of hydrogen-bond acceptors (Lipinski definition) is 4. The van der Waals surface area contributed by atoms with Crippen molar-refractivity contribution < 1.29 is 24.0 Å². The van der Waals surface area contributed by atoms with Crippen molar-refractivity contribution in [2.45, 2.75) is 143 Å². The number of hydrogen-bond donors (Lipinski definition) is 3. The van der Waals surface area contributed by atoms with Gasteiger partial charge in [-0.15, -0.1) is 0 Å². The van der Waals surface area contributed by atoms with Crippen LogP contribution in [-0.2, 0) is 9.09 Å². The molecule has 0 spiro atoms. The minimum Gasteiger partial charge on any atom is -0.395 e. The predicted molar refractivity (Wildman–Crippen MR) is 151 cm³/mol. The van der Waals surface area contributed by atoms with E-state index in [9.17, 15) is 4.57 Å². The first-order valence-electron chi connectivity index (χ1n) is 14.8. The lowest BCUT2D eigenvalue weighted by Crippen LogP contribution is -2.28. The summed E-state index contributed by atoms with van der Waals surface area (Å²) in [7, 11) is -4.26. The quantitative estimate of drug-likeness (QED) is 0.0827. The molecule has 0 aromatic heterocycles. The first-order valence-corrected chi connectivity index (χ1v) is 16.3. The van der Waals surface area contributed by atoms with Gasteiger partial charge in [-0.25, -0.2) is 4.57 Å². The van der Waals surface area contributed by atoms with Crippen molar-refractivity contribution in [1.29, 1.82) is 0 Å². The number of aliphatic hydroxyl groups excluding tert-OH is 1. The van der Waals surface area contributed by atoms with E-state index in [0.717, 1.165) is 44.8 Å². The van der Waals surface area contributed by atoms with Gasteiger partial charge < -0.3 is 19.8 Å². The Hall–Kier alpha value is 0.0300. The molecule has 0 rings (SSSR count). The van der Waals surface area contributed by atoms with E-state index in [1.54, 1.807) is 0 Å². The monoisotopic (exact) mass is 523 g/mol. The normalized spacial score (nSPS) is 11.8. The molecule has 0 aromatic carbocycles. The molecule has 0 atom stereocenters. The van der Waals surface area contributed by atoms with Crippen LogP contribution in [0.1, 0.15) is 143 Å². The summed E-state index contributed by atoms with van der Waals surface area (Å²) in [5.41, 5.74) is 0. The van der Waals surface area contributed by atoms with E-state index in [2.05, 4.69) is 37.1 Å². The van der Waals surface area contributed by atoms with Crippen LogP contribution in [0.2, 0.25) is 0 Å². The van der Waals surface area contributed by atoms with Crippen molar-refractivity contribution in [3.63, 3.8) is 0 Å². The van der Waals surface area contributed by atoms with Gasteiger partial charge in [-0.1, -0.05) is 124 Å². The standard InChI is InChI=1S/C18H39O4P.C10H23NO/c1-18(2)16-14-12-10-8-6-4-3-5-7-9-11-13-15-17-22-23(19,20)21;1-3-5-7-11(9-10-12)8-6-4-2/h18H,3-17H2,1-2H3,(H2,19,20,21);12H,3-10H2,1-2H3. The molecule has 7 heteroatoms. The van der Waals surface area contributed by atoms with E-state index in [1.165, 1.54) is 96.3 Å². The first kappa shape index (κ1) is 37.2. The zero-order valence-electron chi connectivity index (χ0n) is 23.9. The Kier molecular flexibility index (Phi) is 30.4. The molecule has 0 aliphatic heterocycles. The number of aliphatic hydroxyl groups is 1. The Balaban J connectivity index is 0. The fourth-order valence-corrected chi connectivity index (χ4v) is 4.39. The SMILES string of the molecule is CC(C)CCCCCCCCCCCCCCCOP(=O)(O)O.CCCCN(CCO)CCCC. The van der Waals surface area contributed by atoms with Crippen LogP contribution in [0.25, 0.3) is 0 Å². The summed E-state index contributed by atoms with van der Waals surface area (Å²) >= 11 is 0. The number of nitrogens with zero attached hydrogens (tertiary/aromatic N) is 1. The Labute approximate surface area is 218 Å². The van der Waals surface area contributed by atoms with E-state index in [1.807, 2.05) is 0 Å². The number of unbranched alkanes of at least 4 members (excludes halogenated alkanes) is 14. The van der Waals surface area contributed by atoms with Gasteiger partial charge >= 0.3 is 7.82 Å². The van der Waals surface area contributed by atoms with Gasteiger partial charge in [0, 0.05) is 6.54 Å². The molecule has 0 fully saturated rings. The molecule has 0 heterocycles. The van der Waals surface area contributed by atoms with Gasteiger partial charge in [0.1, 0.15) is 0 Å². The smallest absolute Gasteiger partial charge is 0.395 e. The number of rotatable bonds is 25. The lowest BCUT2D eigenvalue weighted by atomic mass is 10.0. The zero-order valence-corrected chi connectivity index (χ0v) is 24.8. The third-order valence-electron chi connectivity index (χ3n) is 6.26. The Morgan fingerprint density at radius 3 is 1.40 bits per heavy atom. The van der Waals surface area contributed by atoms with Crippen LogP contribution in [0.15, 0.2) is 0 Å². The molecular formula is C28H62NO5P. The topological polar surface area (TPSA) is 90.2 Å². The maximum Gasteiger partial charge on any atom is 0.469 e. The summed E-state index contributed by atoms with van der Waals surface area (Å²) in [6.07, 6.45) is 22.8. The molecule has 0 bridgehead atoms. The van der Waals surface area contributed by atoms with Crippen molar-refractivity contribution in [3.8, 4) is 0 Å². The second-order valence-electron chi connectivity index (χ2n) is 10.4. The third-order valence-corrected chi connectivity index (χ3v) is 6.78. The van der Waals surface area contributed by atoms with Crippen LogP contribution in [0.5, 0.6) is 0 Å². The van der Waals surface area contributed by atoms with Gasteiger partial charge in [-0.2, -0.15) is 0 Å². The molecule has 0 saturated heterocycles. The van der Waals surface area contributed by atoms with E-state index in [4.69, 9.17) is 14.9 Å². The molecule has 35 heavy (non-hydrogen) atoms. The second-order valence-corrected chi connectivity index (χ2v) is 11.6. The molecule has 6 nitrogen and oxygen atoms in total. The summed E-state index contributed by atoms with van der Waals surface area (Å²) in [5.74, 6) is 0.855. The van der Waals surface area contributed by atoms with Gasteiger partial charge in [0.15, 0.2) is 0 Å².